The Bertz CT molecular complexity index is 1500. The predicted molar refractivity (Wildman–Crippen MR) is 166 cm³/mol. The molecule has 6 rings (SSSR count). The first-order valence-corrected chi connectivity index (χ1v) is 15.4. The zero-order chi connectivity index (χ0) is 28.9. The second kappa shape index (κ2) is 13.2. The van der Waals surface area contributed by atoms with Crippen LogP contribution in [0.3, 0.4) is 0 Å². The van der Waals surface area contributed by atoms with E-state index in [1.165, 1.54) is 16.7 Å². The van der Waals surface area contributed by atoms with E-state index < -0.39 is 0 Å². The highest BCUT2D eigenvalue weighted by Gasteiger charge is 2.34. The Morgan fingerprint density at radius 1 is 1.07 bits per heavy atom. The second-order valence-electron chi connectivity index (χ2n) is 11.6. The topological polar surface area (TPSA) is 66.3 Å². The number of nitrogens with one attached hydrogen (secondary N) is 1. The zero-order valence-corrected chi connectivity index (χ0v) is 25.0. The van der Waals surface area contributed by atoms with E-state index in [2.05, 4.69) is 56.3 Å². The number of hydrogen-bond donors (Lipinski definition) is 1. The molecule has 1 N–H and O–H groups in total. The van der Waals surface area contributed by atoms with Crippen LogP contribution in [0.25, 0.3) is 0 Å². The van der Waals surface area contributed by atoms with Crippen LogP contribution in [0.2, 0.25) is 5.02 Å². The third kappa shape index (κ3) is 6.75. The molecule has 1 unspecified atom stereocenters. The van der Waals surface area contributed by atoms with Gasteiger partial charge in [0.1, 0.15) is 0 Å². The maximum atomic E-state index is 13.9. The summed E-state index contributed by atoms with van der Waals surface area (Å²) in [6, 6.07) is 20.9. The number of aryl methyl sites for hydroxylation is 4. The minimum Gasteiger partial charge on any atom is -0.338 e. The lowest BCUT2D eigenvalue weighted by atomic mass is 9.95. The lowest BCUT2D eigenvalue weighted by molar-refractivity contribution is -0.132. The first-order valence-electron chi connectivity index (χ1n) is 15.0. The number of fused-ring (bicyclic) bond motifs is 2. The highest BCUT2D eigenvalue weighted by molar-refractivity contribution is 6.30. The fourth-order valence-corrected chi connectivity index (χ4v) is 6.64. The van der Waals surface area contributed by atoms with Gasteiger partial charge < -0.3 is 14.8 Å². The van der Waals surface area contributed by atoms with E-state index in [-0.39, 0.29) is 18.0 Å². The van der Waals surface area contributed by atoms with Gasteiger partial charge in [-0.3, -0.25) is 14.7 Å². The van der Waals surface area contributed by atoms with Gasteiger partial charge in [0, 0.05) is 69.1 Å². The maximum Gasteiger partial charge on any atom is 0.224 e. The van der Waals surface area contributed by atoms with Gasteiger partial charge >= 0.3 is 0 Å². The van der Waals surface area contributed by atoms with E-state index in [9.17, 15) is 4.79 Å². The molecular weight excluding hydrogens is 544 g/mol. The van der Waals surface area contributed by atoms with Gasteiger partial charge in [-0.05, 0) is 66.6 Å². The Hall–Kier alpha value is -3.52. The number of nitrogens with zero attached hydrogens (tertiary/aromatic N) is 5. The summed E-state index contributed by atoms with van der Waals surface area (Å²) in [5.41, 5.74) is 7.16. The molecule has 1 saturated heterocycles. The molecule has 1 aliphatic heterocycles. The van der Waals surface area contributed by atoms with E-state index >= 15 is 0 Å². The Morgan fingerprint density at radius 3 is 2.76 bits per heavy atom. The largest absolute Gasteiger partial charge is 0.338 e. The fraction of sp³-hybridized carbons (Fsp3) is 0.382. The van der Waals surface area contributed by atoms with Gasteiger partial charge in [-0.25, -0.2) is 4.98 Å². The smallest absolute Gasteiger partial charge is 0.224 e. The van der Waals surface area contributed by atoms with Crippen LogP contribution in [-0.2, 0) is 30.7 Å². The average Bonchev–Trinajstić information content (AvgIpc) is 3.34. The van der Waals surface area contributed by atoms with Gasteiger partial charge in [-0.1, -0.05) is 54.1 Å². The van der Waals surface area contributed by atoms with Crippen molar-refractivity contribution in [3.8, 4) is 0 Å². The van der Waals surface area contributed by atoms with Crippen molar-refractivity contribution < 1.29 is 4.79 Å². The molecule has 42 heavy (non-hydrogen) atoms. The third-order valence-electron chi connectivity index (χ3n) is 8.50. The molecule has 0 saturated carbocycles. The molecule has 1 fully saturated rings. The highest BCUT2D eigenvalue weighted by Crippen LogP contribution is 2.37. The molecule has 0 bridgehead atoms. The summed E-state index contributed by atoms with van der Waals surface area (Å²) in [6.07, 6.45) is 9.07. The molecule has 1 aliphatic carbocycles. The van der Waals surface area contributed by atoms with Crippen LogP contribution in [0.5, 0.6) is 0 Å². The molecule has 3 heterocycles. The van der Waals surface area contributed by atoms with E-state index in [0.29, 0.717) is 19.5 Å². The number of hydrogen-bond acceptors (Lipinski definition) is 5. The van der Waals surface area contributed by atoms with Crippen molar-refractivity contribution >= 4 is 17.5 Å². The standard InChI is InChI=1S/C34H39ClN6O/c1-25-21-39(24-38-25)16-6-17-40(22-26-7-3-2-4-8-26)32(42)20-30-23-41(18-15-36-30)34-31-13-12-29(35)19-28(31)11-10-27-9-5-14-37-33(27)34/h2-5,7-9,12-14,19,21,24,30,34,36H,6,10-11,15-18,20,22-23H2,1H3/t30-,34?/m0/s1. The van der Waals surface area contributed by atoms with Crippen molar-refractivity contribution in [3.05, 3.63) is 118 Å². The number of aromatic nitrogens is 3. The van der Waals surface area contributed by atoms with Crippen LogP contribution in [-0.4, -0.2) is 62.5 Å². The van der Waals surface area contributed by atoms with Crippen LogP contribution in [0, 0.1) is 6.92 Å². The summed E-state index contributed by atoms with van der Waals surface area (Å²) >= 11 is 6.43. The monoisotopic (exact) mass is 582 g/mol. The quantitative estimate of drug-likeness (QED) is 0.293. The summed E-state index contributed by atoms with van der Waals surface area (Å²) in [4.78, 5) is 27.6. The number of piperazine rings is 1. The number of carbonyl (C=O) groups is 1. The molecule has 0 radical (unpaired) electrons. The zero-order valence-electron chi connectivity index (χ0n) is 24.3. The maximum absolute atomic E-state index is 13.9. The summed E-state index contributed by atoms with van der Waals surface area (Å²) in [5.74, 6) is 0.187. The lowest BCUT2D eigenvalue weighted by Crippen LogP contribution is -2.53. The minimum atomic E-state index is 0.0507. The Morgan fingerprint density at radius 2 is 1.93 bits per heavy atom. The fourth-order valence-electron chi connectivity index (χ4n) is 6.45. The summed E-state index contributed by atoms with van der Waals surface area (Å²) in [7, 11) is 0. The molecule has 2 aromatic heterocycles. The van der Waals surface area contributed by atoms with E-state index in [1.807, 2.05) is 54.7 Å². The number of benzene rings is 2. The summed E-state index contributed by atoms with van der Waals surface area (Å²) in [5, 5.41) is 4.43. The number of pyridine rings is 1. The molecule has 7 nitrogen and oxygen atoms in total. The van der Waals surface area contributed by atoms with E-state index in [4.69, 9.17) is 16.6 Å². The van der Waals surface area contributed by atoms with Gasteiger partial charge in [0.15, 0.2) is 0 Å². The Balaban J connectivity index is 1.18. The van der Waals surface area contributed by atoms with Crippen LogP contribution >= 0.6 is 11.6 Å². The highest BCUT2D eigenvalue weighted by atomic mass is 35.5. The van der Waals surface area contributed by atoms with Gasteiger partial charge in [-0.15, -0.1) is 0 Å². The SMILES string of the molecule is Cc1cn(CCCN(Cc2ccccc2)C(=O)C[C@H]2CN(C3c4ccc(Cl)cc4CCc4cccnc43)CCN2)cn1. The number of halogens is 1. The molecule has 2 aliphatic rings. The van der Waals surface area contributed by atoms with Gasteiger partial charge in [0.2, 0.25) is 5.91 Å². The van der Waals surface area contributed by atoms with Gasteiger partial charge in [-0.2, -0.15) is 0 Å². The first-order chi connectivity index (χ1) is 20.5. The van der Waals surface area contributed by atoms with Crippen molar-refractivity contribution in [3.63, 3.8) is 0 Å². The van der Waals surface area contributed by atoms with Gasteiger partial charge in [0.25, 0.3) is 0 Å². The normalized spacial score (nSPS) is 18.6. The molecule has 2 atom stereocenters. The van der Waals surface area contributed by atoms with Crippen molar-refractivity contribution in [2.75, 3.05) is 26.2 Å². The summed E-state index contributed by atoms with van der Waals surface area (Å²) in [6.45, 7) is 6.67. The van der Waals surface area contributed by atoms with Gasteiger partial charge in [0.05, 0.1) is 23.8 Å². The molecular formula is C34H39ClN6O. The number of carbonyl (C=O) groups excluding carboxylic acids is 1. The van der Waals surface area contributed by atoms with Crippen LogP contribution in [0.1, 0.15) is 52.5 Å². The third-order valence-corrected chi connectivity index (χ3v) is 8.73. The molecule has 1 amide bonds. The summed E-state index contributed by atoms with van der Waals surface area (Å²) < 4.78 is 2.10. The predicted octanol–water partition coefficient (Wildman–Crippen LogP) is 5.21. The Kier molecular flexibility index (Phi) is 8.98. The molecule has 4 aromatic rings. The second-order valence-corrected chi connectivity index (χ2v) is 12.0. The molecule has 2 aromatic carbocycles. The lowest BCUT2D eigenvalue weighted by Gasteiger charge is -2.39. The average molecular weight is 583 g/mol. The van der Waals surface area contributed by atoms with Crippen molar-refractivity contribution in [2.45, 2.75) is 57.8 Å². The van der Waals surface area contributed by atoms with Crippen molar-refractivity contribution in [1.29, 1.82) is 0 Å². The van der Waals surface area contributed by atoms with E-state index in [0.717, 1.165) is 67.4 Å². The molecule has 0 spiro atoms. The number of imidazole rings is 1. The van der Waals surface area contributed by atoms with E-state index in [1.54, 1.807) is 0 Å². The minimum absolute atomic E-state index is 0.0507. The first kappa shape index (κ1) is 28.6. The van der Waals surface area contributed by atoms with Crippen molar-refractivity contribution in [2.24, 2.45) is 0 Å². The molecule has 8 heteroatoms. The van der Waals surface area contributed by atoms with Crippen LogP contribution < -0.4 is 5.32 Å². The molecule has 218 valence electrons. The Labute approximate surface area is 253 Å². The van der Waals surface area contributed by atoms with Crippen LogP contribution in [0.4, 0.5) is 0 Å². The van der Waals surface area contributed by atoms with Crippen LogP contribution in [0.15, 0.2) is 79.4 Å². The van der Waals surface area contributed by atoms with Crippen molar-refractivity contribution in [1.82, 2.24) is 29.7 Å². The number of rotatable bonds is 9. The number of amides is 1.